The van der Waals surface area contributed by atoms with Crippen molar-refractivity contribution in [2.24, 2.45) is 0 Å². The van der Waals surface area contributed by atoms with Gasteiger partial charge in [0, 0.05) is 17.7 Å². The number of halogens is 3. The van der Waals surface area contributed by atoms with Gasteiger partial charge in [-0.05, 0) is 29.7 Å². The minimum atomic E-state index is -4.35. The van der Waals surface area contributed by atoms with Crippen LogP contribution in [-0.4, -0.2) is 32.9 Å². The number of hydrogen-bond donors (Lipinski definition) is 1. The number of nitrogens with one attached hydrogen (secondary N) is 1. The van der Waals surface area contributed by atoms with Crippen LogP contribution in [0.1, 0.15) is 27.0 Å². The molecule has 30 heavy (non-hydrogen) atoms. The summed E-state index contributed by atoms with van der Waals surface area (Å²) in [5, 5.41) is 2.81. The summed E-state index contributed by atoms with van der Waals surface area (Å²) in [6, 6.07) is 10.1. The van der Waals surface area contributed by atoms with E-state index in [9.17, 15) is 18.0 Å². The molecule has 1 N–H and O–H groups in total. The van der Waals surface area contributed by atoms with Gasteiger partial charge < -0.3 is 19.5 Å². The molecule has 0 heterocycles. The van der Waals surface area contributed by atoms with E-state index in [-0.39, 0.29) is 19.1 Å². The number of allylic oxidation sites excluding steroid dienone is 1. The third kappa shape index (κ3) is 6.81. The van der Waals surface area contributed by atoms with Crippen LogP contribution in [-0.2, 0) is 24.3 Å². The minimum absolute atomic E-state index is 0.135. The van der Waals surface area contributed by atoms with Gasteiger partial charge in [0.1, 0.15) is 6.61 Å². The van der Waals surface area contributed by atoms with Gasteiger partial charge in [0.15, 0.2) is 11.5 Å². The first-order valence-electron chi connectivity index (χ1n) is 9.13. The summed E-state index contributed by atoms with van der Waals surface area (Å²) in [5.41, 5.74) is 2.61. The molecule has 2 aromatic carbocycles. The van der Waals surface area contributed by atoms with Gasteiger partial charge in [0.25, 0.3) is 5.91 Å². The lowest BCUT2D eigenvalue weighted by Crippen LogP contribution is -2.23. The van der Waals surface area contributed by atoms with Gasteiger partial charge in [0.2, 0.25) is 0 Å². The third-order valence-corrected chi connectivity index (χ3v) is 4.19. The van der Waals surface area contributed by atoms with Gasteiger partial charge in [-0.2, -0.15) is 13.2 Å². The molecule has 0 bridgehead atoms. The predicted molar refractivity (Wildman–Crippen MR) is 107 cm³/mol. The monoisotopic (exact) mass is 423 g/mol. The Labute approximate surface area is 173 Å². The molecule has 5 nitrogen and oxygen atoms in total. The maximum Gasteiger partial charge on any atom is 0.411 e. The van der Waals surface area contributed by atoms with Gasteiger partial charge in [0.05, 0.1) is 20.8 Å². The Morgan fingerprint density at radius 2 is 1.77 bits per heavy atom. The molecule has 0 aromatic heterocycles. The molecule has 0 atom stereocenters. The summed E-state index contributed by atoms with van der Waals surface area (Å²) in [7, 11) is 3.03. The lowest BCUT2D eigenvalue weighted by molar-refractivity contribution is -0.176. The molecular weight excluding hydrogens is 399 g/mol. The lowest BCUT2D eigenvalue weighted by atomic mass is 10.0. The number of carbonyl (C=O) groups excluding carboxylic acids is 1. The van der Waals surface area contributed by atoms with E-state index in [0.717, 1.165) is 11.1 Å². The van der Waals surface area contributed by atoms with Crippen LogP contribution in [0.3, 0.4) is 0 Å². The first-order chi connectivity index (χ1) is 14.3. The second-order valence-corrected chi connectivity index (χ2v) is 6.47. The number of benzene rings is 2. The largest absolute Gasteiger partial charge is 0.493 e. The standard InChI is InChI=1S/C22H24F3NO4/c1-4-5-17-10-18(11-19(28-2)20(17)29-3)21(27)26-12-15-6-8-16(9-7-15)13-30-14-22(23,24)25/h4,6-11H,1,5,12-14H2,2-3H3,(H,26,27). The summed E-state index contributed by atoms with van der Waals surface area (Å²) in [5.74, 6) is 0.710. The first kappa shape index (κ1) is 23.3. The number of ether oxygens (including phenoxy) is 3. The van der Waals surface area contributed by atoms with Crippen LogP contribution in [0.4, 0.5) is 13.2 Å². The lowest BCUT2D eigenvalue weighted by Gasteiger charge is -2.14. The Morgan fingerprint density at radius 1 is 1.10 bits per heavy atom. The van der Waals surface area contributed by atoms with Crippen LogP contribution in [0.15, 0.2) is 49.1 Å². The average molecular weight is 423 g/mol. The molecule has 1 amide bonds. The average Bonchev–Trinajstić information content (AvgIpc) is 2.71. The zero-order chi connectivity index (χ0) is 22.1. The fourth-order valence-corrected chi connectivity index (χ4v) is 2.80. The Hall–Kier alpha value is -3.00. The maximum atomic E-state index is 12.6. The van der Waals surface area contributed by atoms with E-state index in [2.05, 4.69) is 16.6 Å². The van der Waals surface area contributed by atoms with E-state index in [4.69, 9.17) is 9.47 Å². The Balaban J connectivity index is 2.00. The third-order valence-electron chi connectivity index (χ3n) is 4.19. The van der Waals surface area contributed by atoms with E-state index in [1.807, 2.05) is 0 Å². The van der Waals surface area contributed by atoms with Crippen molar-refractivity contribution in [1.82, 2.24) is 5.32 Å². The molecule has 0 saturated heterocycles. The molecular formula is C22H24F3NO4. The van der Waals surface area contributed by atoms with Crippen molar-refractivity contribution in [3.8, 4) is 11.5 Å². The second-order valence-electron chi connectivity index (χ2n) is 6.47. The molecule has 0 aliphatic rings. The predicted octanol–water partition coefficient (Wildman–Crippen LogP) is 4.44. The van der Waals surface area contributed by atoms with Crippen molar-refractivity contribution in [2.45, 2.75) is 25.7 Å². The normalized spacial score (nSPS) is 11.1. The number of hydrogen-bond acceptors (Lipinski definition) is 4. The topological polar surface area (TPSA) is 56.8 Å². The summed E-state index contributed by atoms with van der Waals surface area (Å²) in [6.45, 7) is 2.55. The van der Waals surface area contributed by atoms with Gasteiger partial charge in [-0.3, -0.25) is 4.79 Å². The molecule has 0 saturated carbocycles. The van der Waals surface area contributed by atoms with E-state index in [0.29, 0.717) is 29.0 Å². The summed E-state index contributed by atoms with van der Waals surface area (Å²) in [6.07, 6.45) is -2.13. The Morgan fingerprint density at radius 3 is 2.33 bits per heavy atom. The van der Waals surface area contributed by atoms with Crippen LogP contribution < -0.4 is 14.8 Å². The molecule has 0 fully saturated rings. The first-order valence-corrected chi connectivity index (χ1v) is 9.13. The van der Waals surface area contributed by atoms with Crippen molar-refractivity contribution in [1.29, 1.82) is 0 Å². The van der Waals surface area contributed by atoms with Crippen molar-refractivity contribution in [2.75, 3.05) is 20.8 Å². The van der Waals surface area contributed by atoms with Crippen molar-refractivity contribution < 1.29 is 32.2 Å². The number of methoxy groups -OCH3 is 2. The van der Waals surface area contributed by atoms with Gasteiger partial charge >= 0.3 is 6.18 Å². The van der Waals surface area contributed by atoms with Crippen LogP contribution in [0.5, 0.6) is 11.5 Å². The van der Waals surface area contributed by atoms with Crippen molar-refractivity contribution in [3.05, 3.63) is 71.3 Å². The SMILES string of the molecule is C=CCc1cc(C(=O)NCc2ccc(COCC(F)(F)F)cc2)cc(OC)c1OC. The van der Waals surface area contributed by atoms with Crippen LogP contribution >= 0.6 is 0 Å². The fourth-order valence-electron chi connectivity index (χ4n) is 2.80. The zero-order valence-electron chi connectivity index (χ0n) is 16.8. The zero-order valence-corrected chi connectivity index (χ0v) is 16.8. The molecule has 2 rings (SSSR count). The van der Waals surface area contributed by atoms with Crippen molar-refractivity contribution in [3.63, 3.8) is 0 Å². The number of amides is 1. The molecule has 0 unspecified atom stereocenters. The fraction of sp³-hybridized carbons (Fsp3) is 0.318. The summed E-state index contributed by atoms with van der Waals surface area (Å²) >= 11 is 0. The highest BCUT2D eigenvalue weighted by molar-refractivity contribution is 5.95. The van der Waals surface area contributed by atoms with Gasteiger partial charge in [-0.1, -0.05) is 30.3 Å². The van der Waals surface area contributed by atoms with E-state index in [1.54, 1.807) is 42.5 Å². The summed E-state index contributed by atoms with van der Waals surface area (Å²) in [4.78, 5) is 12.6. The van der Waals surface area contributed by atoms with Crippen molar-refractivity contribution >= 4 is 5.91 Å². The van der Waals surface area contributed by atoms with Crippen LogP contribution in [0.2, 0.25) is 0 Å². The molecule has 0 aliphatic heterocycles. The van der Waals surface area contributed by atoms with E-state index < -0.39 is 12.8 Å². The van der Waals surface area contributed by atoms with E-state index >= 15 is 0 Å². The highest BCUT2D eigenvalue weighted by Gasteiger charge is 2.27. The molecule has 8 heteroatoms. The number of alkyl halides is 3. The van der Waals surface area contributed by atoms with Gasteiger partial charge in [-0.25, -0.2) is 0 Å². The molecule has 0 aliphatic carbocycles. The van der Waals surface area contributed by atoms with Crippen LogP contribution in [0, 0.1) is 0 Å². The second kappa shape index (κ2) is 10.7. The van der Waals surface area contributed by atoms with Gasteiger partial charge in [-0.15, -0.1) is 6.58 Å². The number of rotatable bonds is 10. The van der Waals surface area contributed by atoms with E-state index in [1.165, 1.54) is 14.2 Å². The molecule has 2 aromatic rings. The highest BCUT2D eigenvalue weighted by Crippen LogP contribution is 2.33. The minimum Gasteiger partial charge on any atom is -0.493 e. The Bertz CT molecular complexity index is 864. The van der Waals surface area contributed by atoms with Crippen LogP contribution in [0.25, 0.3) is 0 Å². The Kier molecular flexibility index (Phi) is 8.29. The smallest absolute Gasteiger partial charge is 0.411 e. The molecule has 0 spiro atoms. The molecule has 162 valence electrons. The molecule has 0 radical (unpaired) electrons. The summed E-state index contributed by atoms with van der Waals surface area (Å²) < 4.78 is 51.6. The maximum absolute atomic E-state index is 12.6. The quantitative estimate of drug-likeness (QED) is 0.574. The number of carbonyl (C=O) groups is 1. The highest BCUT2D eigenvalue weighted by atomic mass is 19.4.